The number of hydrogen-bond acceptors (Lipinski definition) is 2. The highest BCUT2D eigenvalue weighted by atomic mass is 16.5. The maximum atomic E-state index is 6.07. The third-order valence-corrected chi connectivity index (χ3v) is 5.98. The molecule has 1 aliphatic heterocycles. The molecule has 1 saturated carbocycles. The van der Waals surface area contributed by atoms with Crippen LogP contribution in [0.1, 0.15) is 59.8 Å². The van der Waals surface area contributed by atoms with Crippen LogP contribution in [0.2, 0.25) is 0 Å². The second kappa shape index (κ2) is 6.58. The van der Waals surface area contributed by atoms with Crippen molar-refractivity contribution in [3.05, 3.63) is 0 Å². The van der Waals surface area contributed by atoms with Crippen LogP contribution >= 0.6 is 0 Å². The first-order valence-corrected chi connectivity index (χ1v) is 8.41. The fourth-order valence-electron chi connectivity index (χ4n) is 4.68. The molecule has 0 radical (unpaired) electrons. The lowest BCUT2D eigenvalue weighted by Crippen LogP contribution is -2.46. The first-order chi connectivity index (χ1) is 9.08. The van der Waals surface area contributed by atoms with Crippen molar-refractivity contribution in [2.45, 2.75) is 78.0 Å². The van der Waals surface area contributed by atoms with Gasteiger partial charge in [-0.3, -0.25) is 0 Å². The van der Waals surface area contributed by atoms with Gasteiger partial charge >= 0.3 is 0 Å². The molecule has 7 atom stereocenters. The summed E-state index contributed by atoms with van der Waals surface area (Å²) in [5.41, 5.74) is 0. The van der Waals surface area contributed by atoms with Gasteiger partial charge in [0, 0.05) is 12.0 Å². The summed E-state index contributed by atoms with van der Waals surface area (Å²) in [6, 6.07) is 0.643. The Hall–Kier alpha value is -0.0800. The van der Waals surface area contributed by atoms with Gasteiger partial charge < -0.3 is 10.1 Å². The first-order valence-electron chi connectivity index (χ1n) is 8.41. The lowest BCUT2D eigenvalue weighted by Gasteiger charge is -2.39. The van der Waals surface area contributed by atoms with Crippen LogP contribution in [0.4, 0.5) is 0 Å². The van der Waals surface area contributed by atoms with Gasteiger partial charge in [-0.15, -0.1) is 0 Å². The Balaban J connectivity index is 2.06. The molecule has 2 nitrogen and oxygen atoms in total. The van der Waals surface area contributed by atoms with Gasteiger partial charge in [0.15, 0.2) is 0 Å². The highest BCUT2D eigenvalue weighted by Crippen LogP contribution is 2.41. The van der Waals surface area contributed by atoms with E-state index in [1.807, 2.05) is 0 Å². The molecule has 2 aliphatic rings. The Bertz CT molecular complexity index is 280. The second-order valence-corrected chi connectivity index (χ2v) is 7.00. The zero-order valence-corrected chi connectivity index (χ0v) is 13.5. The molecule has 112 valence electrons. The third-order valence-electron chi connectivity index (χ3n) is 5.98. The van der Waals surface area contributed by atoms with Gasteiger partial charge in [-0.1, -0.05) is 33.1 Å². The van der Waals surface area contributed by atoms with E-state index in [0.717, 1.165) is 11.8 Å². The van der Waals surface area contributed by atoms with Gasteiger partial charge in [0.1, 0.15) is 0 Å². The van der Waals surface area contributed by atoms with Crippen LogP contribution in [0.3, 0.4) is 0 Å². The van der Waals surface area contributed by atoms with Crippen molar-refractivity contribution in [3.8, 4) is 0 Å². The average molecular weight is 267 g/mol. The number of hydrogen-bond donors (Lipinski definition) is 1. The highest BCUT2D eigenvalue weighted by molar-refractivity contribution is 4.95. The zero-order chi connectivity index (χ0) is 14.0. The first kappa shape index (κ1) is 15.3. The monoisotopic (exact) mass is 267 g/mol. The minimum Gasteiger partial charge on any atom is -0.375 e. The van der Waals surface area contributed by atoms with E-state index >= 15 is 0 Å². The van der Waals surface area contributed by atoms with Crippen molar-refractivity contribution in [1.29, 1.82) is 0 Å². The molecule has 1 heterocycles. The predicted octanol–water partition coefficient (Wildman–Crippen LogP) is 3.85. The van der Waals surface area contributed by atoms with E-state index < -0.39 is 0 Å². The molecule has 0 spiro atoms. The lowest BCUT2D eigenvalue weighted by atomic mass is 9.70. The van der Waals surface area contributed by atoms with E-state index in [2.05, 4.69) is 40.1 Å². The van der Waals surface area contributed by atoms with Crippen LogP contribution in [0.25, 0.3) is 0 Å². The number of rotatable bonds is 4. The van der Waals surface area contributed by atoms with Gasteiger partial charge in [-0.2, -0.15) is 0 Å². The van der Waals surface area contributed by atoms with Crippen LogP contribution in [-0.2, 0) is 4.74 Å². The van der Waals surface area contributed by atoms with Crippen LogP contribution in [0.5, 0.6) is 0 Å². The van der Waals surface area contributed by atoms with Gasteiger partial charge in [0.25, 0.3) is 0 Å². The quantitative estimate of drug-likeness (QED) is 0.835. The molecular weight excluding hydrogens is 234 g/mol. The Kier molecular flexibility index (Phi) is 5.30. The molecule has 19 heavy (non-hydrogen) atoms. The largest absolute Gasteiger partial charge is 0.375 e. The fourth-order valence-corrected chi connectivity index (χ4v) is 4.68. The molecule has 7 unspecified atom stereocenters. The molecule has 0 amide bonds. The molecule has 0 aromatic heterocycles. The minimum atomic E-state index is 0.407. The summed E-state index contributed by atoms with van der Waals surface area (Å²) in [5, 5.41) is 3.66. The molecule has 0 aromatic carbocycles. The Labute approximate surface area is 119 Å². The Morgan fingerprint density at radius 1 is 1.16 bits per heavy atom. The van der Waals surface area contributed by atoms with Gasteiger partial charge in [0.05, 0.1) is 12.2 Å². The van der Waals surface area contributed by atoms with E-state index in [1.54, 1.807) is 0 Å². The van der Waals surface area contributed by atoms with Crippen molar-refractivity contribution >= 4 is 0 Å². The predicted molar refractivity (Wildman–Crippen MR) is 81.2 cm³/mol. The summed E-state index contributed by atoms with van der Waals surface area (Å²) in [4.78, 5) is 0. The molecule has 1 saturated heterocycles. The zero-order valence-electron chi connectivity index (χ0n) is 13.5. The maximum absolute atomic E-state index is 6.07. The van der Waals surface area contributed by atoms with E-state index in [4.69, 9.17) is 4.74 Å². The fraction of sp³-hybridized carbons (Fsp3) is 1.00. The van der Waals surface area contributed by atoms with E-state index in [9.17, 15) is 0 Å². The molecule has 1 N–H and O–H groups in total. The highest BCUT2D eigenvalue weighted by Gasteiger charge is 2.44. The number of nitrogens with one attached hydrogen (secondary N) is 1. The lowest BCUT2D eigenvalue weighted by molar-refractivity contribution is 0.0420. The van der Waals surface area contributed by atoms with Crippen molar-refractivity contribution in [1.82, 2.24) is 5.32 Å². The van der Waals surface area contributed by atoms with Crippen molar-refractivity contribution < 1.29 is 4.74 Å². The molecular formula is C17H33NO. The molecule has 1 aliphatic carbocycles. The molecule has 2 rings (SSSR count). The van der Waals surface area contributed by atoms with E-state index in [1.165, 1.54) is 32.1 Å². The van der Waals surface area contributed by atoms with Gasteiger partial charge in [0.2, 0.25) is 0 Å². The van der Waals surface area contributed by atoms with E-state index in [0.29, 0.717) is 30.1 Å². The van der Waals surface area contributed by atoms with Crippen LogP contribution in [0.15, 0.2) is 0 Å². The van der Waals surface area contributed by atoms with Gasteiger partial charge in [-0.25, -0.2) is 0 Å². The molecule has 2 heteroatoms. The number of ether oxygens (including phenoxy) is 1. The maximum Gasteiger partial charge on any atom is 0.0597 e. The molecule has 0 bridgehead atoms. The average Bonchev–Trinajstić information content (AvgIpc) is 2.66. The van der Waals surface area contributed by atoms with Crippen LogP contribution < -0.4 is 5.32 Å². The SMILES string of the molecule is CCC1CCCC(C(NC)C2C(C)OC(C)C2C)C1. The topological polar surface area (TPSA) is 21.3 Å². The third kappa shape index (κ3) is 3.16. The van der Waals surface area contributed by atoms with Crippen molar-refractivity contribution in [2.75, 3.05) is 7.05 Å². The summed E-state index contributed by atoms with van der Waals surface area (Å²) in [6.07, 6.45) is 7.89. The summed E-state index contributed by atoms with van der Waals surface area (Å²) >= 11 is 0. The smallest absolute Gasteiger partial charge is 0.0597 e. The standard InChI is InChI=1S/C17H33NO/c1-6-14-8-7-9-15(10-14)17(18-5)16-11(2)12(3)19-13(16)4/h11-18H,6-10H2,1-5H3. The van der Waals surface area contributed by atoms with Crippen LogP contribution in [0, 0.1) is 23.7 Å². The van der Waals surface area contributed by atoms with E-state index in [-0.39, 0.29) is 0 Å². The summed E-state index contributed by atoms with van der Waals surface area (Å²) in [7, 11) is 2.16. The molecule has 0 aromatic rings. The normalized spacial score (nSPS) is 45.3. The van der Waals surface area contributed by atoms with Crippen molar-refractivity contribution in [2.24, 2.45) is 23.7 Å². The minimum absolute atomic E-state index is 0.407. The Morgan fingerprint density at radius 3 is 2.42 bits per heavy atom. The van der Waals surface area contributed by atoms with Crippen molar-refractivity contribution in [3.63, 3.8) is 0 Å². The Morgan fingerprint density at radius 2 is 1.89 bits per heavy atom. The second-order valence-electron chi connectivity index (χ2n) is 7.00. The summed E-state index contributed by atoms with van der Waals surface area (Å²) in [5.74, 6) is 3.17. The van der Waals surface area contributed by atoms with Crippen LogP contribution in [-0.4, -0.2) is 25.3 Å². The summed E-state index contributed by atoms with van der Waals surface area (Å²) < 4.78 is 6.07. The summed E-state index contributed by atoms with van der Waals surface area (Å²) in [6.45, 7) is 9.25. The molecule has 2 fully saturated rings. The van der Waals surface area contributed by atoms with Gasteiger partial charge in [-0.05, 0) is 51.5 Å².